The van der Waals surface area contributed by atoms with Gasteiger partial charge in [-0.15, -0.1) is 21.6 Å². The molecule has 2 aromatic carbocycles. The third-order valence-corrected chi connectivity index (χ3v) is 9.33. The Morgan fingerprint density at radius 1 is 1.02 bits per heavy atom. The van der Waals surface area contributed by atoms with Gasteiger partial charge in [0, 0.05) is 23.7 Å². The number of nitriles is 1. The number of anilines is 1. The highest BCUT2D eigenvalue weighted by molar-refractivity contribution is 7.29. The highest BCUT2D eigenvalue weighted by Gasteiger charge is 2.19. The minimum Gasteiger partial charge on any atom is -0.462 e. The van der Waals surface area contributed by atoms with Crippen molar-refractivity contribution < 1.29 is 19.1 Å². The number of rotatable bonds is 14. The lowest BCUT2D eigenvalue weighted by atomic mass is 10.1. The van der Waals surface area contributed by atoms with E-state index in [9.17, 15) is 14.9 Å². The standard InChI is InChI=1S/C34H35N5O4S2/c1-3-5-7-8-16-39-17-15-24-19-26(11-14-29(24)39)37-38-34-36-31-30(45-34)21-28(44-31)20-25(22-35)33(41)43-27-12-9-23(10-13-27)32(40)42-18-6-4-2/h9-14,19-21H,3-8,15-18H2,1-2H3/b25-20+,38-37+. The van der Waals surface area contributed by atoms with Gasteiger partial charge in [0.05, 0.1) is 22.6 Å². The number of azo groups is 1. The van der Waals surface area contributed by atoms with E-state index in [0.717, 1.165) is 47.6 Å². The third kappa shape index (κ3) is 8.41. The molecule has 0 amide bonds. The van der Waals surface area contributed by atoms with Crippen LogP contribution >= 0.6 is 22.7 Å². The van der Waals surface area contributed by atoms with E-state index < -0.39 is 11.9 Å². The molecule has 1 aliphatic heterocycles. The molecule has 2 aromatic heterocycles. The molecule has 0 saturated heterocycles. The van der Waals surface area contributed by atoms with Gasteiger partial charge in [0.1, 0.15) is 22.2 Å². The van der Waals surface area contributed by atoms with Crippen molar-refractivity contribution in [2.75, 3.05) is 24.6 Å². The molecule has 1 aliphatic rings. The molecular formula is C34H35N5O4S2. The molecule has 45 heavy (non-hydrogen) atoms. The predicted molar refractivity (Wildman–Crippen MR) is 179 cm³/mol. The minimum atomic E-state index is -0.788. The van der Waals surface area contributed by atoms with Crippen LogP contribution in [0.15, 0.2) is 64.3 Å². The third-order valence-electron chi connectivity index (χ3n) is 7.34. The highest BCUT2D eigenvalue weighted by atomic mass is 32.1. The Hall–Kier alpha value is -4.40. The van der Waals surface area contributed by atoms with Crippen LogP contribution in [0.5, 0.6) is 5.75 Å². The number of unbranched alkanes of at least 4 members (excludes halogenated alkanes) is 4. The molecule has 0 N–H and O–H groups in total. The second-order valence-corrected chi connectivity index (χ2v) is 12.8. The van der Waals surface area contributed by atoms with Gasteiger partial charge < -0.3 is 14.4 Å². The molecule has 0 spiro atoms. The van der Waals surface area contributed by atoms with Gasteiger partial charge in [0.25, 0.3) is 0 Å². The zero-order chi connectivity index (χ0) is 31.6. The molecule has 3 heterocycles. The number of thiophene rings is 1. The number of hydrogen-bond donors (Lipinski definition) is 0. The van der Waals surface area contributed by atoms with E-state index >= 15 is 0 Å². The van der Waals surface area contributed by atoms with Crippen molar-refractivity contribution in [2.24, 2.45) is 10.2 Å². The molecule has 4 aromatic rings. The van der Waals surface area contributed by atoms with Crippen molar-refractivity contribution in [2.45, 2.75) is 58.8 Å². The van der Waals surface area contributed by atoms with Crippen LogP contribution in [-0.2, 0) is 16.0 Å². The summed E-state index contributed by atoms with van der Waals surface area (Å²) >= 11 is 2.75. The first-order chi connectivity index (χ1) is 22.0. The lowest BCUT2D eigenvalue weighted by Gasteiger charge is -2.19. The highest BCUT2D eigenvalue weighted by Crippen LogP contribution is 2.37. The van der Waals surface area contributed by atoms with Gasteiger partial charge in [-0.3, -0.25) is 0 Å². The predicted octanol–water partition coefficient (Wildman–Crippen LogP) is 9.19. The summed E-state index contributed by atoms with van der Waals surface area (Å²) in [6, 6.07) is 16.1. The summed E-state index contributed by atoms with van der Waals surface area (Å²) in [6.45, 7) is 6.76. The largest absolute Gasteiger partial charge is 0.462 e. The minimum absolute atomic E-state index is 0.150. The Balaban J connectivity index is 1.18. The maximum absolute atomic E-state index is 12.7. The molecule has 0 fully saturated rings. The van der Waals surface area contributed by atoms with Gasteiger partial charge in [0.2, 0.25) is 5.13 Å². The molecule has 9 nitrogen and oxygen atoms in total. The number of nitrogens with zero attached hydrogens (tertiary/aromatic N) is 5. The number of benzene rings is 2. The van der Waals surface area contributed by atoms with Gasteiger partial charge in [-0.1, -0.05) is 50.9 Å². The topological polar surface area (TPSA) is 117 Å². The fraction of sp³-hybridized carbons (Fsp3) is 0.353. The number of fused-ring (bicyclic) bond motifs is 2. The summed E-state index contributed by atoms with van der Waals surface area (Å²) in [6.07, 6.45) is 9.28. The molecule has 5 rings (SSSR count). The number of carbonyl (C=O) groups is 2. The number of esters is 2. The van der Waals surface area contributed by atoms with Gasteiger partial charge >= 0.3 is 11.9 Å². The van der Waals surface area contributed by atoms with E-state index in [1.54, 1.807) is 0 Å². The molecule has 11 heteroatoms. The summed E-state index contributed by atoms with van der Waals surface area (Å²) in [7, 11) is 0. The van der Waals surface area contributed by atoms with Crippen LogP contribution in [0.25, 0.3) is 15.6 Å². The monoisotopic (exact) mass is 641 g/mol. The van der Waals surface area contributed by atoms with Crippen LogP contribution in [0, 0.1) is 11.3 Å². The van der Waals surface area contributed by atoms with E-state index in [2.05, 4.69) is 39.2 Å². The maximum Gasteiger partial charge on any atom is 0.354 e. The SMILES string of the molecule is CCCCCCN1CCc2cc(/N=N/c3nc4sc(/C=C(\C#N)C(=O)Oc5ccc(C(=O)OCCCC)cc5)cc4s3)ccc21. The van der Waals surface area contributed by atoms with Gasteiger partial charge in [0.15, 0.2) is 0 Å². The zero-order valence-corrected chi connectivity index (χ0v) is 27.1. The molecule has 0 saturated carbocycles. The van der Waals surface area contributed by atoms with E-state index in [0.29, 0.717) is 22.2 Å². The first-order valence-electron chi connectivity index (χ1n) is 15.3. The summed E-state index contributed by atoms with van der Waals surface area (Å²) in [5.41, 5.74) is 3.63. The van der Waals surface area contributed by atoms with Gasteiger partial charge in [-0.25, -0.2) is 14.6 Å². The van der Waals surface area contributed by atoms with Gasteiger partial charge in [-0.2, -0.15) is 5.26 Å². The van der Waals surface area contributed by atoms with E-state index in [1.807, 2.05) is 25.1 Å². The molecule has 0 radical (unpaired) electrons. The van der Waals surface area contributed by atoms with Crippen LogP contribution in [0.1, 0.15) is 73.2 Å². The normalized spacial score (nSPS) is 12.9. The van der Waals surface area contributed by atoms with Crippen molar-refractivity contribution in [3.63, 3.8) is 0 Å². The molecule has 232 valence electrons. The quantitative estimate of drug-likeness (QED) is 0.0336. The van der Waals surface area contributed by atoms with Crippen LogP contribution in [0.3, 0.4) is 0 Å². The summed E-state index contributed by atoms with van der Waals surface area (Å²) in [5.74, 6) is -1.000. The van der Waals surface area contributed by atoms with Crippen molar-refractivity contribution in [3.8, 4) is 11.8 Å². The number of carbonyl (C=O) groups excluding carboxylic acids is 2. The average Bonchev–Trinajstić information content (AvgIpc) is 3.74. The summed E-state index contributed by atoms with van der Waals surface area (Å²) in [4.78, 5) is 33.3. The van der Waals surface area contributed by atoms with Crippen molar-refractivity contribution in [1.82, 2.24) is 4.98 Å². The van der Waals surface area contributed by atoms with Crippen LogP contribution in [0.2, 0.25) is 0 Å². The smallest absolute Gasteiger partial charge is 0.354 e. The first kappa shape index (κ1) is 32.0. The summed E-state index contributed by atoms with van der Waals surface area (Å²) < 4.78 is 11.4. The number of aromatic nitrogens is 1. The van der Waals surface area contributed by atoms with Crippen LogP contribution < -0.4 is 9.64 Å². The lowest BCUT2D eigenvalue weighted by Crippen LogP contribution is -2.21. The number of ether oxygens (including phenoxy) is 2. The first-order valence-corrected chi connectivity index (χ1v) is 16.9. The molecule has 0 atom stereocenters. The van der Waals surface area contributed by atoms with Crippen LogP contribution in [0.4, 0.5) is 16.5 Å². The second-order valence-electron chi connectivity index (χ2n) is 10.7. The lowest BCUT2D eigenvalue weighted by molar-refractivity contribution is -0.129. The summed E-state index contributed by atoms with van der Waals surface area (Å²) in [5, 5.41) is 19.0. The fourth-order valence-electron chi connectivity index (χ4n) is 4.93. The average molecular weight is 642 g/mol. The van der Waals surface area contributed by atoms with E-state index in [1.165, 1.54) is 89.9 Å². The fourth-order valence-corrected chi connectivity index (χ4v) is 6.91. The van der Waals surface area contributed by atoms with Crippen LogP contribution in [-0.4, -0.2) is 36.6 Å². The molecular weight excluding hydrogens is 607 g/mol. The van der Waals surface area contributed by atoms with E-state index in [-0.39, 0.29) is 11.3 Å². The van der Waals surface area contributed by atoms with Crippen molar-refractivity contribution in [1.29, 1.82) is 5.26 Å². The number of hydrogen-bond acceptors (Lipinski definition) is 11. The van der Waals surface area contributed by atoms with Crippen molar-refractivity contribution in [3.05, 3.63) is 70.1 Å². The van der Waals surface area contributed by atoms with Gasteiger partial charge in [-0.05, 0) is 79.4 Å². The molecule has 0 aliphatic carbocycles. The number of thiazole rings is 1. The van der Waals surface area contributed by atoms with E-state index in [4.69, 9.17) is 9.47 Å². The Bertz CT molecular complexity index is 1720. The Labute approximate surface area is 270 Å². The maximum atomic E-state index is 12.7. The van der Waals surface area contributed by atoms with Crippen molar-refractivity contribution >= 4 is 66.7 Å². The Morgan fingerprint density at radius 3 is 2.60 bits per heavy atom. The Morgan fingerprint density at radius 2 is 1.84 bits per heavy atom. The Kier molecular flexibility index (Phi) is 11.1. The molecule has 0 unspecified atom stereocenters. The molecule has 0 bridgehead atoms. The second kappa shape index (κ2) is 15.5. The zero-order valence-electron chi connectivity index (χ0n) is 25.5.